The summed E-state index contributed by atoms with van der Waals surface area (Å²) in [6.07, 6.45) is 1.15. The number of thioether (sulfide) groups is 1. The van der Waals surface area contributed by atoms with E-state index in [9.17, 15) is 0 Å². The number of hydrogen-bond donors (Lipinski definition) is 0. The number of nitrogens with zero attached hydrogens (tertiary/aromatic N) is 2. The normalized spacial score (nSPS) is 11.1. The number of methoxy groups -OCH3 is 1. The van der Waals surface area contributed by atoms with E-state index < -0.39 is 0 Å². The summed E-state index contributed by atoms with van der Waals surface area (Å²) < 4.78 is 7.70. The quantitative estimate of drug-likeness (QED) is 0.302. The average molecular weight is 423 g/mol. The molecule has 4 aromatic rings. The molecule has 0 saturated carbocycles. The van der Waals surface area contributed by atoms with Crippen LogP contribution >= 0.6 is 23.4 Å². The highest BCUT2D eigenvalue weighted by Crippen LogP contribution is 2.31. The number of benzene rings is 3. The van der Waals surface area contributed by atoms with Gasteiger partial charge in [-0.05, 0) is 60.2 Å². The molecule has 0 radical (unpaired) electrons. The van der Waals surface area contributed by atoms with Crippen LogP contribution in [-0.2, 0) is 6.54 Å². The first-order valence-electron chi connectivity index (χ1n) is 9.70. The van der Waals surface area contributed by atoms with Crippen molar-refractivity contribution in [3.8, 4) is 17.1 Å². The van der Waals surface area contributed by atoms with Crippen LogP contribution in [0.15, 0.2) is 71.6 Å². The molecule has 0 aliphatic heterocycles. The van der Waals surface area contributed by atoms with Gasteiger partial charge in [-0.3, -0.25) is 0 Å². The maximum Gasteiger partial charge on any atom is 0.141 e. The van der Waals surface area contributed by atoms with Crippen LogP contribution < -0.4 is 4.74 Å². The molecule has 0 bridgehead atoms. The third-order valence-corrected chi connectivity index (χ3v) is 6.18. The highest BCUT2D eigenvalue weighted by atomic mass is 35.5. The van der Waals surface area contributed by atoms with Crippen molar-refractivity contribution in [3.05, 3.63) is 77.3 Å². The number of aromatic nitrogens is 2. The molecule has 0 fully saturated rings. The van der Waals surface area contributed by atoms with Crippen LogP contribution in [0.5, 0.6) is 5.75 Å². The number of fused-ring (bicyclic) bond motifs is 1. The smallest absolute Gasteiger partial charge is 0.141 e. The summed E-state index contributed by atoms with van der Waals surface area (Å²) in [6.45, 7) is 2.90. The van der Waals surface area contributed by atoms with Gasteiger partial charge in [-0.2, -0.15) is 0 Å². The van der Waals surface area contributed by atoms with Gasteiger partial charge in [0.05, 0.1) is 18.1 Å². The molecule has 0 atom stereocenters. The largest absolute Gasteiger partial charge is 0.497 e. The Morgan fingerprint density at radius 1 is 1.03 bits per heavy atom. The molecule has 3 nitrogen and oxygen atoms in total. The Bertz CT molecular complexity index is 1140. The SMILES string of the molecule is CCCSc1ccc2nc(-c3cccc(OC)c3)n(Cc3cccc(Cl)c3)c2c1. The Morgan fingerprint density at radius 2 is 1.90 bits per heavy atom. The average Bonchev–Trinajstić information content (AvgIpc) is 3.10. The van der Waals surface area contributed by atoms with Crippen molar-refractivity contribution in [3.63, 3.8) is 0 Å². The van der Waals surface area contributed by atoms with E-state index in [2.05, 4.69) is 41.8 Å². The number of hydrogen-bond acceptors (Lipinski definition) is 3. The number of halogens is 1. The van der Waals surface area contributed by atoms with Crippen molar-refractivity contribution in [2.45, 2.75) is 24.8 Å². The second-order valence-corrected chi connectivity index (χ2v) is 8.49. The molecular formula is C24H23ClN2OS. The molecule has 0 unspecified atom stereocenters. The first-order chi connectivity index (χ1) is 14.2. The minimum absolute atomic E-state index is 0.700. The van der Waals surface area contributed by atoms with E-state index in [1.165, 1.54) is 4.90 Å². The standard InChI is InChI=1S/C24H23ClN2OS/c1-3-12-29-21-10-11-22-23(15-21)27(16-17-6-4-8-19(25)13-17)24(26-22)18-7-5-9-20(14-18)28-2/h4-11,13-15H,3,12,16H2,1-2H3. The van der Waals surface area contributed by atoms with Crippen LogP contribution in [0.1, 0.15) is 18.9 Å². The summed E-state index contributed by atoms with van der Waals surface area (Å²) in [5.74, 6) is 2.86. The zero-order valence-corrected chi connectivity index (χ0v) is 18.1. The minimum atomic E-state index is 0.700. The summed E-state index contributed by atoms with van der Waals surface area (Å²) in [5.41, 5.74) is 4.30. The van der Waals surface area contributed by atoms with E-state index in [0.29, 0.717) is 6.54 Å². The lowest BCUT2D eigenvalue weighted by Gasteiger charge is -2.11. The maximum atomic E-state index is 6.24. The van der Waals surface area contributed by atoms with Gasteiger partial charge in [-0.25, -0.2) is 4.98 Å². The van der Waals surface area contributed by atoms with E-state index in [-0.39, 0.29) is 0 Å². The van der Waals surface area contributed by atoms with Gasteiger partial charge in [-0.15, -0.1) is 11.8 Å². The van der Waals surface area contributed by atoms with Gasteiger partial charge in [0.15, 0.2) is 0 Å². The van der Waals surface area contributed by atoms with E-state index in [4.69, 9.17) is 21.3 Å². The zero-order valence-electron chi connectivity index (χ0n) is 16.6. The lowest BCUT2D eigenvalue weighted by Crippen LogP contribution is -2.02. The third-order valence-electron chi connectivity index (χ3n) is 4.75. The van der Waals surface area contributed by atoms with Crippen molar-refractivity contribution < 1.29 is 4.74 Å². The van der Waals surface area contributed by atoms with Crippen LogP contribution in [0.4, 0.5) is 0 Å². The summed E-state index contributed by atoms with van der Waals surface area (Å²) >= 11 is 8.12. The van der Waals surface area contributed by atoms with E-state index >= 15 is 0 Å². The molecule has 5 heteroatoms. The van der Waals surface area contributed by atoms with Gasteiger partial charge in [0.1, 0.15) is 11.6 Å². The van der Waals surface area contributed by atoms with Crippen molar-refractivity contribution in [1.29, 1.82) is 0 Å². The van der Waals surface area contributed by atoms with E-state index in [1.807, 2.05) is 48.2 Å². The Kier molecular flexibility index (Phi) is 6.12. The molecule has 0 amide bonds. The monoisotopic (exact) mass is 422 g/mol. The van der Waals surface area contributed by atoms with Crippen LogP contribution in [-0.4, -0.2) is 22.4 Å². The molecule has 3 aromatic carbocycles. The predicted octanol–water partition coefficient (Wildman–Crippen LogP) is 6.92. The zero-order chi connectivity index (χ0) is 20.2. The molecule has 0 aliphatic rings. The van der Waals surface area contributed by atoms with Crippen molar-refractivity contribution in [1.82, 2.24) is 9.55 Å². The van der Waals surface area contributed by atoms with Gasteiger partial charge in [-0.1, -0.05) is 42.8 Å². The Labute approximate surface area is 180 Å². The molecule has 0 saturated heterocycles. The first kappa shape index (κ1) is 19.9. The van der Waals surface area contributed by atoms with Crippen molar-refractivity contribution in [2.24, 2.45) is 0 Å². The molecule has 1 heterocycles. The fraction of sp³-hybridized carbons (Fsp3) is 0.208. The minimum Gasteiger partial charge on any atom is -0.497 e. The van der Waals surface area contributed by atoms with Crippen LogP contribution in [0.25, 0.3) is 22.4 Å². The third kappa shape index (κ3) is 4.44. The van der Waals surface area contributed by atoms with Crippen LogP contribution in [0, 0.1) is 0 Å². The molecular weight excluding hydrogens is 400 g/mol. The van der Waals surface area contributed by atoms with E-state index in [0.717, 1.165) is 50.9 Å². The second kappa shape index (κ2) is 8.93. The highest BCUT2D eigenvalue weighted by Gasteiger charge is 2.15. The lowest BCUT2D eigenvalue weighted by molar-refractivity contribution is 0.415. The van der Waals surface area contributed by atoms with Gasteiger partial charge >= 0.3 is 0 Å². The lowest BCUT2D eigenvalue weighted by atomic mass is 10.2. The molecule has 0 N–H and O–H groups in total. The molecule has 0 spiro atoms. The summed E-state index contributed by atoms with van der Waals surface area (Å²) in [6, 6.07) is 22.6. The van der Waals surface area contributed by atoms with Crippen molar-refractivity contribution >= 4 is 34.4 Å². The molecule has 4 rings (SSSR count). The fourth-order valence-corrected chi connectivity index (χ4v) is 4.38. The molecule has 0 aliphatic carbocycles. The highest BCUT2D eigenvalue weighted by molar-refractivity contribution is 7.99. The maximum absolute atomic E-state index is 6.24. The summed E-state index contributed by atoms with van der Waals surface area (Å²) in [7, 11) is 1.69. The van der Waals surface area contributed by atoms with Crippen LogP contribution in [0.3, 0.4) is 0 Å². The van der Waals surface area contributed by atoms with Gasteiger partial charge in [0, 0.05) is 22.0 Å². The topological polar surface area (TPSA) is 27.1 Å². The van der Waals surface area contributed by atoms with E-state index in [1.54, 1.807) is 7.11 Å². The van der Waals surface area contributed by atoms with Gasteiger partial charge < -0.3 is 9.30 Å². The second-order valence-electron chi connectivity index (χ2n) is 6.88. The van der Waals surface area contributed by atoms with Gasteiger partial charge in [0.25, 0.3) is 0 Å². The number of rotatable bonds is 7. The number of ether oxygens (including phenoxy) is 1. The first-order valence-corrected chi connectivity index (χ1v) is 11.1. The summed E-state index contributed by atoms with van der Waals surface area (Å²) in [4.78, 5) is 6.23. The Balaban J connectivity index is 1.86. The number of imidazole rings is 1. The van der Waals surface area contributed by atoms with Crippen molar-refractivity contribution in [2.75, 3.05) is 12.9 Å². The summed E-state index contributed by atoms with van der Waals surface area (Å²) in [5, 5.41) is 0.744. The molecule has 1 aromatic heterocycles. The molecule has 29 heavy (non-hydrogen) atoms. The Hall–Kier alpha value is -2.43. The van der Waals surface area contributed by atoms with Gasteiger partial charge in [0.2, 0.25) is 0 Å². The predicted molar refractivity (Wildman–Crippen MR) is 123 cm³/mol. The fourth-order valence-electron chi connectivity index (χ4n) is 3.37. The van der Waals surface area contributed by atoms with Crippen LogP contribution in [0.2, 0.25) is 5.02 Å². The molecule has 148 valence electrons. The Morgan fingerprint density at radius 3 is 2.69 bits per heavy atom.